The molecule has 0 aliphatic carbocycles. The van der Waals surface area contributed by atoms with Gasteiger partial charge in [-0.1, -0.05) is 60.7 Å². The smallest absolute Gasteiger partial charge is 0.344 e. The minimum atomic E-state index is -0.446. The fourth-order valence-electron chi connectivity index (χ4n) is 3.94. The Morgan fingerprint density at radius 1 is 0.588 bits per heavy atom. The van der Waals surface area contributed by atoms with E-state index in [1.807, 2.05) is 72.8 Å². The van der Waals surface area contributed by atoms with Gasteiger partial charge >= 0.3 is 11.9 Å². The molecule has 0 aliphatic rings. The lowest BCUT2D eigenvalue weighted by atomic mass is 9.92. The first-order chi connectivity index (χ1) is 16.6. The molecule has 0 aliphatic heterocycles. The molecular formula is C28H26O6. The molecule has 4 aromatic rings. The first kappa shape index (κ1) is 23.1. The Bertz CT molecular complexity index is 1220. The molecule has 0 fully saturated rings. The summed E-state index contributed by atoms with van der Waals surface area (Å²) in [4.78, 5) is 24.0. The van der Waals surface area contributed by atoms with Gasteiger partial charge < -0.3 is 18.9 Å². The molecule has 0 spiro atoms. The molecule has 0 amide bonds. The summed E-state index contributed by atoms with van der Waals surface area (Å²) < 4.78 is 22.0. The van der Waals surface area contributed by atoms with E-state index in [4.69, 9.17) is 18.9 Å². The quantitative estimate of drug-likeness (QED) is 0.307. The molecule has 0 bridgehead atoms. The van der Waals surface area contributed by atoms with Crippen LogP contribution in [0, 0.1) is 0 Å². The van der Waals surface area contributed by atoms with Crippen molar-refractivity contribution in [2.75, 3.05) is 26.4 Å². The second-order valence-corrected chi connectivity index (χ2v) is 7.51. The van der Waals surface area contributed by atoms with E-state index >= 15 is 0 Å². The van der Waals surface area contributed by atoms with Gasteiger partial charge in [-0.2, -0.15) is 0 Å². The molecule has 0 heterocycles. The number of hydrogen-bond acceptors (Lipinski definition) is 6. The Labute approximate surface area is 198 Å². The van der Waals surface area contributed by atoms with Gasteiger partial charge in [-0.25, -0.2) is 9.59 Å². The van der Waals surface area contributed by atoms with Crippen molar-refractivity contribution in [1.82, 2.24) is 0 Å². The summed E-state index contributed by atoms with van der Waals surface area (Å²) in [6.07, 6.45) is 0. The SMILES string of the molecule is CCOC(=O)COc1ccc2ccccc2c1-c1c(OCC(=O)OCC)ccc2ccccc12. The topological polar surface area (TPSA) is 71.1 Å². The highest BCUT2D eigenvalue weighted by atomic mass is 16.6. The number of hydrogen-bond donors (Lipinski definition) is 0. The van der Waals surface area contributed by atoms with Gasteiger partial charge in [0.1, 0.15) is 11.5 Å². The Morgan fingerprint density at radius 2 is 1.00 bits per heavy atom. The molecule has 0 unspecified atom stereocenters. The number of benzene rings is 4. The molecule has 4 aromatic carbocycles. The summed E-state index contributed by atoms with van der Waals surface area (Å²) in [7, 11) is 0. The van der Waals surface area contributed by atoms with Crippen molar-refractivity contribution in [3.8, 4) is 22.6 Å². The normalized spacial score (nSPS) is 10.8. The zero-order valence-electron chi connectivity index (χ0n) is 19.2. The lowest BCUT2D eigenvalue weighted by molar-refractivity contribution is -0.146. The van der Waals surface area contributed by atoms with E-state index in [1.54, 1.807) is 13.8 Å². The molecule has 6 nitrogen and oxygen atoms in total. The first-order valence-electron chi connectivity index (χ1n) is 11.2. The number of carbonyl (C=O) groups is 2. The molecule has 0 aromatic heterocycles. The Kier molecular flexibility index (Phi) is 7.28. The van der Waals surface area contributed by atoms with Crippen molar-refractivity contribution in [3.63, 3.8) is 0 Å². The highest BCUT2D eigenvalue weighted by molar-refractivity contribution is 6.09. The van der Waals surface area contributed by atoms with Crippen LogP contribution in [0.15, 0.2) is 72.8 Å². The lowest BCUT2D eigenvalue weighted by Crippen LogP contribution is -2.16. The van der Waals surface area contributed by atoms with Crippen LogP contribution in [0.5, 0.6) is 11.5 Å². The third kappa shape index (κ3) is 4.96. The maximum atomic E-state index is 12.0. The van der Waals surface area contributed by atoms with E-state index in [-0.39, 0.29) is 26.4 Å². The van der Waals surface area contributed by atoms with E-state index in [9.17, 15) is 9.59 Å². The highest BCUT2D eigenvalue weighted by Gasteiger charge is 2.20. The van der Waals surface area contributed by atoms with Crippen LogP contribution in [-0.4, -0.2) is 38.4 Å². The van der Waals surface area contributed by atoms with Crippen LogP contribution in [0.3, 0.4) is 0 Å². The van der Waals surface area contributed by atoms with Crippen molar-refractivity contribution in [3.05, 3.63) is 72.8 Å². The summed E-state index contributed by atoms with van der Waals surface area (Å²) in [5, 5.41) is 3.87. The van der Waals surface area contributed by atoms with Crippen molar-refractivity contribution in [2.45, 2.75) is 13.8 Å². The molecule has 174 valence electrons. The van der Waals surface area contributed by atoms with Crippen LogP contribution in [0.1, 0.15) is 13.8 Å². The predicted molar refractivity (Wildman–Crippen MR) is 131 cm³/mol. The maximum Gasteiger partial charge on any atom is 0.344 e. The molecule has 0 N–H and O–H groups in total. The average molecular weight is 459 g/mol. The summed E-state index contributed by atoms with van der Waals surface area (Å²) >= 11 is 0. The van der Waals surface area contributed by atoms with E-state index in [1.165, 1.54) is 0 Å². The van der Waals surface area contributed by atoms with E-state index in [0.29, 0.717) is 11.5 Å². The molecule has 0 radical (unpaired) electrons. The predicted octanol–water partition coefficient (Wildman–Crippen LogP) is 5.54. The average Bonchev–Trinajstić information content (AvgIpc) is 2.86. The zero-order valence-corrected chi connectivity index (χ0v) is 19.2. The second-order valence-electron chi connectivity index (χ2n) is 7.51. The van der Waals surface area contributed by atoms with Gasteiger partial charge in [0.2, 0.25) is 0 Å². The van der Waals surface area contributed by atoms with Crippen molar-refractivity contribution in [2.24, 2.45) is 0 Å². The second kappa shape index (κ2) is 10.7. The summed E-state index contributed by atoms with van der Waals surface area (Å²) in [6, 6.07) is 23.4. The Morgan fingerprint density at radius 3 is 1.41 bits per heavy atom. The van der Waals surface area contributed by atoms with Crippen LogP contribution in [0.2, 0.25) is 0 Å². The van der Waals surface area contributed by atoms with Gasteiger partial charge in [0, 0.05) is 11.1 Å². The van der Waals surface area contributed by atoms with Gasteiger partial charge in [-0.15, -0.1) is 0 Å². The molecule has 6 heteroatoms. The van der Waals surface area contributed by atoms with E-state index in [2.05, 4.69) is 0 Å². The van der Waals surface area contributed by atoms with E-state index < -0.39 is 11.9 Å². The number of rotatable bonds is 9. The van der Waals surface area contributed by atoms with Gasteiger partial charge in [0.25, 0.3) is 0 Å². The summed E-state index contributed by atoms with van der Waals surface area (Å²) in [5.41, 5.74) is 1.55. The molecule has 34 heavy (non-hydrogen) atoms. The Hall–Kier alpha value is -4.06. The zero-order chi connectivity index (χ0) is 23.9. The van der Waals surface area contributed by atoms with Crippen molar-refractivity contribution < 1.29 is 28.5 Å². The van der Waals surface area contributed by atoms with Crippen LogP contribution in [-0.2, 0) is 19.1 Å². The molecule has 0 saturated heterocycles. The monoisotopic (exact) mass is 458 g/mol. The standard InChI is InChI=1S/C28H26O6/c1-3-31-25(29)17-33-23-15-13-19-9-5-7-11-21(19)27(23)28-22-12-8-6-10-20(22)14-16-24(28)34-18-26(30)32-4-2/h5-16H,3-4,17-18H2,1-2H3. The third-order valence-corrected chi connectivity index (χ3v) is 5.33. The molecule has 4 rings (SSSR count). The van der Waals surface area contributed by atoms with Gasteiger partial charge in [-0.05, 0) is 47.5 Å². The fourth-order valence-corrected chi connectivity index (χ4v) is 3.94. The lowest BCUT2D eigenvalue weighted by Gasteiger charge is -2.19. The first-order valence-corrected chi connectivity index (χ1v) is 11.2. The summed E-state index contributed by atoms with van der Waals surface area (Å²) in [5.74, 6) is 0.143. The van der Waals surface area contributed by atoms with Crippen LogP contribution in [0.4, 0.5) is 0 Å². The minimum absolute atomic E-state index is 0.219. The van der Waals surface area contributed by atoms with Crippen molar-refractivity contribution in [1.29, 1.82) is 0 Å². The fraction of sp³-hybridized carbons (Fsp3) is 0.214. The van der Waals surface area contributed by atoms with Crippen LogP contribution in [0.25, 0.3) is 32.7 Å². The number of esters is 2. The number of ether oxygens (including phenoxy) is 4. The Balaban J connectivity index is 1.91. The third-order valence-electron chi connectivity index (χ3n) is 5.33. The molecule has 0 atom stereocenters. The minimum Gasteiger partial charge on any atom is -0.481 e. The van der Waals surface area contributed by atoms with Gasteiger partial charge in [-0.3, -0.25) is 0 Å². The van der Waals surface area contributed by atoms with Gasteiger partial charge in [0.15, 0.2) is 13.2 Å². The number of carbonyl (C=O) groups excluding carboxylic acids is 2. The highest BCUT2D eigenvalue weighted by Crippen LogP contribution is 2.45. The van der Waals surface area contributed by atoms with Gasteiger partial charge in [0.05, 0.1) is 13.2 Å². The molecule has 0 saturated carbocycles. The maximum absolute atomic E-state index is 12.0. The number of fused-ring (bicyclic) bond motifs is 2. The van der Waals surface area contributed by atoms with Crippen LogP contribution < -0.4 is 9.47 Å². The molecular weight excluding hydrogens is 432 g/mol. The van der Waals surface area contributed by atoms with E-state index in [0.717, 1.165) is 32.7 Å². The summed E-state index contributed by atoms with van der Waals surface area (Å²) in [6.45, 7) is 3.63. The van der Waals surface area contributed by atoms with Crippen molar-refractivity contribution >= 4 is 33.5 Å². The van der Waals surface area contributed by atoms with Crippen LogP contribution >= 0.6 is 0 Å². The largest absolute Gasteiger partial charge is 0.481 e.